The predicted molar refractivity (Wildman–Crippen MR) is 148 cm³/mol. The average molecular weight is 655 g/mol. The zero-order valence-corrected chi connectivity index (χ0v) is 24.3. The lowest BCUT2D eigenvalue weighted by molar-refractivity contribution is -0.325. The van der Waals surface area contributed by atoms with Gasteiger partial charge in [-0.25, -0.2) is 0 Å². The molecular formula is C29H34O17. The number of aromatic hydroxyl groups is 5. The third kappa shape index (κ3) is 6.44. The summed E-state index contributed by atoms with van der Waals surface area (Å²) in [6, 6.07) is 4.26. The Morgan fingerprint density at radius 2 is 1.48 bits per heavy atom. The largest absolute Gasteiger partial charge is 0.508 e. The van der Waals surface area contributed by atoms with Crippen LogP contribution in [-0.2, 0) is 28.5 Å². The standard InChI is InChI=1S/C29H34O17/c1-9-20(35)27(43-10(2)30)25(40)28(42-9)41-8-19-22(37)23(38)24(39)29(46-19)45-18-7-13-14(32)5-12(31)6-17(13)44-26(18)11-3-15(33)21(36)16(34)4-11/h3-7,9,19-20,22-29,31-40H,8H2,1-2H3/t9-,19+,20-,22+,23-,24+,25-,26?,27+,28+,29+/m0/s1. The maximum absolute atomic E-state index is 11.5. The van der Waals surface area contributed by atoms with Crippen LogP contribution in [0.3, 0.4) is 0 Å². The summed E-state index contributed by atoms with van der Waals surface area (Å²) in [5, 5.41) is 103. The van der Waals surface area contributed by atoms with Gasteiger partial charge in [-0.2, -0.15) is 0 Å². The summed E-state index contributed by atoms with van der Waals surface area (Å²) in [5.74, 6) is -4.10. The molecule has 11 atom stereocenters. The molecule has 46 heavy (non-hydrogen) atoms. The highest BCUT2D eigenvalue weighted by molar-refractivity contribution is 5.70. The highest BCUT2D eigenvalue weighted by atomic mass is 16.7. The van der Waals surface area contributed by atoms with Crippen molar-refractivity contribution in [3.8, 4) is 34.5 Å². The molecule has 17 nitrogen and oxygen atoms in total. The molecule has 2 saturated heterocycles. The van der Waals surface area contributed by atoms with Crippen LogP contribution < -0.4 is 4.74 Å². The number of carbonyl (C=O) groups is 1. The highest BCUT2D eigenvalue weighted by Gasteiger charge is 2.49. The Balaban J connectivity index is 1.39. The Morgan fingerprint density at radius 1 is 0.804 bits per heavy atom. The number of fused-ring (bicyclic) bond motifs is 1. The third-order valence-corrected chi connectivity index (χ3v) is 7.72. The first kappa shape index (κ1) is 33.3. The lowest BCUT2D eigenvalue weighted by atomic mass is 9.98. The molecule has 0 saturated carbocycles. The summed E-state index contributed by atoms with van der Waals surface area (Å²) in [6.07, 6.45) is -15.7. The van der Waals surface area contributed by atoms with Gasteiger partial charge in [0.25, 0.3) is 0 Å². The Labute approximate surface area is 260 Å². The fourth-order valence-corrected chi connectivity index (χ4v) is 5.29. The number of rotatable bonds is 7. The van der Waals surface area contributed by atoms with E-state index in [0.29, 0.717) is 0 Å². The maximum Gasteiger partial charge on any atom is 0.303 e. The minimum atomic E-state index is -1.88. The van der Waals surface area contributed by atoms with E-state index in [9.17, 15) is 55.9 Å². The van der Waals surface area contributed by atoms with Crippen LogP contribution in [0.25, 0.3) is 6.08 Å². The molecule has 0 aliphatic carbocycles. The Bertz CT molecular complexity index is 1450. The molecule has 0 radical (unpaired) electrons. The molecule has 3 heterocycles. The quantitative estimate of drug-likeness (QED) is 0.126. The van der Waals surface area contributed by atoms with E-state index in [4.69, 9.17) is 28.4 Å². The minimum absolute atomic E-state index is 0.000347. The number of benzene rings is 2. The van der Waals surface area contributed by atoms with Gasteiger partial charge in [-0.15, -0.1) is 0 Å². The maximum atomic E-state index is 11.5. The van der Waals surface area contributed by atoms with Gasteiger partial charge in [0.15, 0.2) is 35.7 Å². The van der Waals surface area contributed by atoms with Gasteiger partial charge in [0, 0.05) is 24.6 Å². The molecule has 10 N–H and O–H groups in total. The zero-order chi connectivity index (χ0) is 33.6. The van der Waals surface area contributed by atoms with Gasteiger partial charge in [-0.3, -0.25) is 4.79 Å². The van der Waals surface area contributed by atoms with Gasteiger partial charge >= 0.3 is 5.97 Å². The van der Waals surface area contributed by atoms with Crippen molar-refractivity contribution in [2.45, 2.75) is 81.4 Å². The summed E-state index contributed by atoms with van der Waals surface area (Å²) >= 11 is 0. The number of aliphatic hydroxyl groups is 5. The lowest BCUT2D eigenvalue weighted by Gasteiger charge is -2.43. The van der Waals surface area contributed by atoms with Gasteiger partial charge in [-0.05, 0) is 25.1 Å². The molecule has 5 rings (SSSR count). The molecule has 17 heteroatoms. The summed E-state index contributed by atoms with van der Waals surface area (Å²) < 4.78 is 33.5. The summed E-state index contributed by atoms with van der Waals surface area (Å²) in [6.45, 7) is 1.95. The Hall–Kier alpha value is -4.07. The average Bonchev–Trinajstić information content (AvgIpc) is 2.99. The molecule has 2 fully saturated rings. The van der Waals surface area contributed by atoms with Gasteiger partial charge in [0.2, 0.25) is 6.29 Å². The SMILES string of the molecule is CC(=O)O[C@H]1[C@H](O)[C@H](OC[C@H]2O[C@@H](OC3=Cc4c(O)cc(O)cc4OC3c3cc(O)c(O)c(O)c3)[C@H](O)[C@@H](O)[C@@H]2O)O[C@@H](C)[C@@H]1O. The van der Waals surface area contributed by atoms with E-state index in [1.807, 2.05) is 0 Å². The second-order valence-corrected chi connectivity index (χ2v) is 11.1. The van der Waals surface area contributed by atoms with Crippen LogP contribution in [-0.4, -0.2) is 125 Å². The molecule has 0 spiro atoms. The van der Waals surface area contributed by atoms with Crippen LogP contribution in [0, 0.1) is 0 Å². The number of hydrogen-bond acceptors (Lipinski definition) is 17. The second-order valence-electron chi connectivity index (χ2n) is 11.1. The van der Waals surface area contributed by atoms with Crippen molar-refractivity contribution in [3.63, 3.8) is 0 Å². The molecule has 1 unspecified atom stereocenters. The summed E-state index contributed by atoms with van der Waals surface area (Å²) in [7, 11) is 0. The molecule has 252 valence electrons. The van der Waals surface area contributed by atoms with E-state index >= 15 is 0 Å². The first-order chi connectivity index (χ1) is 21.7. The highest BCUT2D eigenvalue weighted by Crippen LogP contribution is 2.47. The topological polar surface area (TPSA) is 275 Å². The molecule has 2 aromatic carbocycles. The molecule has 2 aromatic rings. The zero-order valence-electron chi connectivity index (χ0n) is 24.3. The fraction of sp³-hybridized carbons (Fsp3) is 0.483. The number of ether oxygens (including phenoxy) is 6. The van der Waals surface area contributed by atoms with Gasteiger partial charge < -0.3 is 79.5 Å². The molecule has 3 aliphatic heterocycles. The Morgan fingerprint density at radius 3 is 2.13 bits per heavy atom. The first-order valence-electron chi connectivity index (χ1n) is 14.0. The monoisotopic (exact) mass is 654 g/mol. The molecule has 0 bridgehead atoms. The summed E-state index contributed by atoms with van der Waals surface area (Å²) in [4.78, 5) is 11.5. The van der Waals surface area contributed by atoms with Gasteiger partial charge in [0.05, 0.1) is 18.3 Å². The van der Waals surface area contributed by atoms with Crippen molar-refractivity contribution >= 4 is 12.0 Å². The van der Waals surface area contributed by atoms with Crippen LogP contribution in [0.15, 0.2) is 30.0 Å². The van der Waals surface area contributed by atoms with Gasteiger partial charge in [-0.1, -0.05) is 0 Å². The van der Waals surface area contributed by atoms with E-state index in [0.717, 1.165) is 25.1 Å². The van der Waals surface area contributed by atoms with Crippen molar-refractivity contribution in [3.05, 3.63) is 41.2 Å². The van der Waals surface area contributed by atoms with Crippen molar-refractivity contribution in [1.82, 2.24) is 0 Å². The molecule has 3 aliphatic rings. The van der Waals surface area contributed by atoms with E-state index in [1.165, 1.54) is 19.1 Å². The number of phenols is 5. The number of phenolic OH excluding ortho intramolecular Hbond substituents is 5. The van der Waals surface area contributed by atoms with E-state index in [1.54, 1.807) is 0 Å². The fourth-order valence-electron chi connectivity index (χ4n) is 5.29. The van der Waals surface area contributed by atoms with E-state index in [2.05, 4.69) is 0 Å². The molecular weight excluding hydrogens is 620 g/mol. The van der Waals surface area contributed by atoms with Crippen LogP contribution in [0.5, 0.6) is 34.5 Å². The van der Waals surface area contributed by atoms with Crippen LogP contribution in [0.4, 0.5) is 0 Å². The molecule has 0 aromatic heterocycles. The van der Waals surface area contributed by atoms with Crippen molar-refractivity contribution < 1.29 is 84.3 Å². The third-order valence-electron chi connectivity index (χ3n) is 7.72. The van der Waals surface area contributed by atoms with Crippen LogP contribution >= 0.6 is 0 Å². The first-order valence-corrected chi connectivity index (χ1v) is 14.0. The number of carbonyl (C=O) groups excluding carboxylic acids is 1. The smallest absolute Gasteiger partial charge is 0.303 e. The van der Waals surface area contributed by atoms with Crippen molar-refractivity contribution in [1.29, 1.82) is 0 Å². The number of hydrogen-bond donors (Lipinski definition) is 10. The van der Waals surface area contributed by atoms with E-state index in [-0.39, 0.29) is 28.4 Å². The Kier molecular flexibility index (Phi) is 9.39. The predicted octanol–water partition coefficient (Wildman–Crippen LogP) is -1.07. The number of esters is 1. The summed E-state index contributed by atoms with van der Waals surface area (Å²) in [5.41, 5.74) is 0.0180. The van der Waals surface area contributed by atoms with E-state index < -0.39 is 103 Å². The normalized spacial score (nSPS) is 34.2. The lowest BCUT2D eigenvalue weighted by Crippen LogP contribution is -2.61. The van der Waals surface area contributed by atoms with Gasteiger partial charge in [0.1, 0.15) is 59.6 Å². The van der Waals surface area contributed by atoms with Crippen LogP contribution in [0.2, 0.25) is 0 Å². The number of aliphatic hydroxyl groups excluding tert-OH is 5. The van der Waals surface area contributed by atoms with Crippen molar-refractivity contribution in [2.75, 3.05) is 6.61 Å². The van der Waals surface area contributed by atoms with Crippen molar-refractivity contribution in [2.24, 2.45) is 0 Å². The molecule has 0 amide bonds. The minimum Gasteiger partial charge on any atom is -0.508 e. The second kappa shape index (κ2) is 13.0. The van der Waals surface area contributed by atoms with Crippen LogP contribution in [0.1, 0.15) is 31.1 Å².